The third-order valence-corrected chi connectivity index (χ3v) is 7.84. The molecule has 0 saturated heterocycles. The van der Waals surface area contributed by atoms with E-state index in [4.69, 9.17) is 4.74 Å². The van der Waals surface area contributed by atoms with Crippen molar-refractivity contribution in [1.82, 2.24) is 9.47 Å². The standard InChI is InChI=1S/C26H31BrN2O3S/c1-5-32-26(31)24-22(15-33-16(2)17-9-7-6-8-10-17)29(18-11-12-18)21-13-20(27)25(30)19(23(21)24)14-28(3)4/h6-10,13,16,18,30H,5,11-12,14-15H2,1-4H3. The molecule has 4 rings (SSSR count). The maximum atomic E-state index is 13.3. The highest BCUT2D eigenvalue weighted by Crippen LogP contribution is 2.47. The fourth-order valence-corrected chi connectivity index (χ4v) is 5.86. The largest absolute Gasteiger partial charge is 0.506 e. The van der Waals surface area contributed by atoms with Gasteiger partial charge in [-0.2, -0.15) is 0 Å². The molecule has 0 aliphatic heterocycles. The van der Waals surface area contributed by atoms with Gasteiger partial charge in [0.25, 0.3) is 0 Å². The van der Waals surface area contributed by atoms with E-state index >= 15 is 0 Å². The van der Waals surface area contributed by atoms with Crippen molar-refractivity contribution in [3.8, 4) is 5.75 Å². The first-order chi connectivity index (χ1) is 15.8. The smallest absolute Gasteiger partial charge is 0.340 e. The van der Waals surface area contributed by atoms with E-state index in [9.17, 15) is 9.90 Å². The molecular formula is C26H31BrN2O3S. The minimum absolute atomic E-state index is 0.187. The lowest BCUT2D eigenvalue weighted by atomic mass is 10.0. The molecule has 0 spiro atoms. The number of carbonyl (C=O) groups is 1. The molecular weight excluding hydrogens is 500 g/mol. The summed E-state index contributed by atoms with van der Waals surface area (Å²) in [7, 11) is 3.93. The van der Waals surface area contributed by atoms with Gasteiger partial charge in [-0.1, -0.05) is 30.3 Å². The summed E-state index contributed by atoms with van der Waals surface area (Å²) >= 11 is 5.37. The number of phenols is 1. The van der Waals surface area contributed by atoms with Crippen molar-refractivity contribution in [2.45, 2.75) is 50.3 Å². The Labute approximate surface area is 208 Å². The molecule has 176 valence electrons. The number of aromatic nitrogens is 1. The summed E-state index contributed by atoms with van der Waals surface area (Å²) in [5.41, 5.74) is 4.62. The molecule has 1 aliphatic carbocycles. The quantitative estimate of drug-likeness (QED) is 0.313. The summed E-state index contributed by atoms with van der Waals surface area (Å²) in [5, 5.41) is 12.1. The summed E-state index contributed by atoms with van der Waals surface area (Å²) in [6, 6.07) is 12.8. The number of halogens is 1. The Kier molecular flexibility index (Phi) is 7.41. The van der Waals surface area contributed by atoms with Gasteiger partial charge in [0.05, 0.1) is 22.2 Å². The van der Waals surface area contributed by atoms with Crippen LogP contribution in [0.1, 0.15) is 65.2 Å². The van der Waals surface area contributed by atoms with Crippen molar-refractivity contribution < 1.29 is 14.6 Å². The highest BCUT2D eigenvalue weighted by molar-refractivity contribution is 9.10. The van der Waals surface area contributed by atoms with E-state index in [1.54, 1.807) is 0 Å². The number of hydrogen-bond donors (Lipinski definition) is 1. The first kappa shape index (κ1) is 24.2. The minimum atomic E-state index is -0.313. The molecule has 5 nitrogen and oxygen atoms in total. The molecule has 1 atom stereocenters. The molecule has 2 aromatic carbocycles. The number of hydrogen-bond acceptors (Lipinski definition) is 5. The zero-order valence-corrected chi connectivity index (χ0v) is 22.0. The monoisotopic (exact) mass is 530 g/mol. The number of aromatic hydroxyl groups is 1. The van der Waals surface area contributed by atoms with E-state index in [0.29, 0.717) is 35.0 Å². The third-order valence-electron chi connectivity index (χ3n) is 6.03. The van der Waals surface area contributed by atoms with Crippen molar-refractivity contribution in [3.63, 3.8) is 0 Å². The average molecular weight is 532 g/mol. The molecule has 1 fully saturated rings. The van der Waals surface area contributed by atoms with E-state index in [1.807, 2.05) is 49.8 Å². The van der Waals surface area contributed by atoms with Crippen LogP contribution >= 0.6 is 27.7 Å². The number of nitrogens with zero attached hydrogens (tertiary/aromatic N) is 2. The van der Waals surface area contributed by atoms with Crippen LogP contribution in [0.15, 0.2) is 40.9 Å². The Balaban J connectivity index is 1.89. The summed E-state index contributed by atoms with van der Waals surface area (Å²) in [6.07, 6.45) is 2.19. The van der Waals surface area contributed by atoms with Gasteiger partial charge in [-0.05, 0) is 68.3 Å². The molecule has 1 saturated carbocycles. The lowest BCUT2D eigenvalue weighted by Gasteiger charge is -2.15. The van der Waals surface area contributed by atoms with Gasteiger partial charge < -0.3 is 19.3 Å². The lowest BCUT2D eigenvalue weighted by molar-refractivity contribution is 0.0527. The lowest BCUT2D eigenvalue weighted by Crippen LogP contribution is -2.13. The molecule has 1 aliphatic rings. The summed E-state index contributed by atoms with van der Waals surface area (Å²) in [6.45, 7) is 4.87. The molecule has 0 radical (unpaired) electrons. The van der Waals surface area contributed by atoms with Crippen molar-refractivity contribution in [1.29, 1.82) is 0 Å². The maximum absolute atomic E-state index is 13.3. The van der Waals surface area contributed by atoms with Gasteiger partial charge in [0.15, 0.2) is 0 Å². The van der Waals surface area contributed by atoms with Crippen LogP contribution in [-0.4, -0.2) is 41.2 Å². The molecule has 1 N–H and O–H groups in total. The first-order valence-corrected chi connectivity index (χ1v) is 13.2. The maximum Gasteiger partial charge on any atom is 0.340 e. The van der Waals surface area contributed by atoms with Crippen molar-refractivity contribution in [2.75, 3.05) is 20.7 Å². The van der Waals surface area contributed by atoms with Gasteiger partial charge in [0, 0.05) is 40.2 Å². The van der Waals surface area contributed by atoms with Gasteiger partial charge in [-0.25, -0.2) is 4.79 Å². The van der Waals surface area contributed by atoms with Crippen molar-refractivity contribution in [3.05, 3.63) is 63.3 Å². The minimum Gasteiger partial charge on any atom is -0.506 e. The van der Waals surface area contributed by atoms with Crippen molar-refractivity contribution in [2.24, 2.45) is 0 Å². The Hall–Kier alpha value is -1.96. The van der Waals surface area contributed by atoms with E-state index in [-0.39, 0.29) is 17.0 Å². The molecule has 1 unspecified atom stereocenters. The molecule has 1 aromatic heterocycles. The Morgan fingerprint density at radius 3 is 2.61 bits per heavy atom. The van der Waals surface area contributed by atoms with Gasteiger partial charge in [-0.3, -0.25) is 0 Å². The SMILES string of the molecule is CCOC(=O)c1c(CSC(C)c2ccccc2)n(C2CC2)c2cc(Br)c(O)c(CN(C)C)c12. The number of thioether (sulfide) groups is 1. The van der Waals surface area contributed by atoms with Gasteiger partial charge >= 0.3 is 5.97 Å². The van der Waals surface area contributed by atoms with Crippen LogP contribution < -0.4 is 0 Å². The number of phenolic OH excluding ortho intramolecular Hbond substituents is 1. The number of ether oxygens (including phenoxy) is 1. The average Bonchev–Trinajstić information content (AvgIpc) is 3.57. The summed E-state index contributed by atoms with van der Waals surface area (Å²) in [5.74, 6) is 0.563. The zero-order valence-electron chi connectivity index (χ0n) is 19.6. The Bertz CT molecular complexity index is 1160. The summed E-state index contributed by atoms with van der Waals surface area (Å²) in [4.78, 5) is 15.3. The molecule has 1 heterocycles. The van der Waals surface area contributed by atoms with Crippen LogP contribution in [0, 0.1) is 0 Å². The first-order valence-electron chi connectivity index (χ1n) is 11.4. The number of benzene rings is 2. The molecule has 33 heavy (non-hydrogen) atoms. The predicted octanol–water partition coefficient (Wildman–Crippen LogP) is 6.68. The molecule has 0 bridgehead atoms. The van der Waals surface area contributed by atoms with Gasteiger partial charge in [0.2, 0.25) is 0 Å². The number of rotatable bonds is 9. The Morgan fingerprint density at radius 1 is 1.30 bits per heavy atom. The normalized spacial score (nSPS) is 14.7. The summed E-state index contributed by atoms with van der Waals surface area (Å²) < 4.78 is 8.52. The van der Waals surface area contributed by atoms with Crippen LogP contribution in [0.2, 0.25) is 0 Å². The zero-order chi connectivity index (χ0) is 23.7. The van der Waals surface area contributed by atoms with E-state index in [2.05, 4.69) is 51.7 Å². The molecule has 0 amide bonds. The van der Waals surface area contributed by atoms with Crippen LogP contribution in [0.4, 0.5) is 0 Å². The number of carbonyl (C=O) groups excluding carboxylic acids is 1. The van der Waals surface area contributed by atoms with E-state index < -0.39 is 0 Å². The number of fused-ring (bicyclic) bond motifs is 1. The molecule has 7 heteroatoms. The Morgan fingerprint density at radius 2 is 2.00 bits per heavy atom. The second-order valence-electron chi connectivity index (χ2n) is 8.82. The van der Waals surface area contributed by atoms with Crippen LogP contribution in [-0.2, 0) is 17.0 Å². The second-order valence-corrected chi connectivity index (χ2v) is 11.0. The predicted molar refractivity (Wildman–Crippen MR) is 139 cm³/mol. The van der Waals surface area contributed by atoms with Crippen LogP contribution in [0.5, 0.6) is 5.75 Å². The number of esters is 1. The van der Waals surface area contributed by atoms with E-state index in [0.717, 1.165) is 35.0 Å². The van der Waals surface area contributed by atoms with Gasteiger partial charge in [0.1, 0.15) is 5.75 Å². The van der Waals surface area contributed by atoms with Gasteiger partial charge in [-0.15, -0.1) is 11.8 Å². The fraction of sp³-hybridized carbons (Fsp3) is 0.423. The topological polar surface area (TPSA) is 54.7 Å². The third kappa shape index (κ3) is 4.96. The highest BCUT2D eigenvalue weighted by atomic mass is 79.9. The second kappa shape index (κ2) is 10.1. The van der Waals surface area contributed by atoms with Crippen molar-refractivity contribution >= 4 is 44.6 Å². The van der Waals surface area contributed by atoms with E-state index in [1.165, 1.54) is 5.56 Å². The molecule has 3 aromatic rings. The highest BCUT2D eigenvalue weighted by Gasteiger charge is 2.34. The van der Waals surface area contributed by atoms with Crippen LogP contribution in [0.3, 0.4) is 0 Å². The fourth-order valence-electron chi connectivity index (χ4n) is 4.37. The van der Waals surface area contributed by atoms with Crippen LogP contribution in [0.25, 0.3) is 10.9 Å².